The van der Waals surface area contributed by atoms with E-state index in [1.165, 1.54) is 11.1 Å². The Hall–Kier alpha value is -2.13. The van der Waals surface area contributed by atoms with Gasteiger partial charge in [-0.2, -0.15) is 0 Å². The number of ketones is 1. The third-order valence-electron chi connectivity index (χ3n) is 3.47. The molecule has 2 aromatic carbocycles. The molecule has 0 spiro atoms. The Bertz CT molecular complexity index is 665. The van der Waals surface area contributed by atoms with Gasteiger partial charge in [0.2, 0.25) is 5.78 Å². The van der Waals surface area contributed by atoms with E-state index in [1.807, 2.05) is 31.2 Å². The number of halogens is 1. The van der Waals surface area contributed by atoms with Crippen LogP contribution in [0.25, 0.3) is 0 Å². The smallest absolute Gasteiger partial charge is 0.287 e. The molecular weight excluding hydrogens is 298 g/mol. The van der Waals surface area contributed by atoms with Gasteiger partial charge in [-0.05, 0) is 42.2 Å². The number of amides is 1. The van der Waals surface area contributed by atoms with Gasteiger partial charge in [-0.3, -0.25) is 9.59 Å². The predicted octanol–water partition coefficient (Wildman–Crippen LogP) is 3.12. The van der Waals surface area contributed by atoms with Gasteiger partial charge in [0, 0.05) is 18.0 Å². The normalized spacial score (nSPS) is 10.3. The number of carbonyl (C=O) groups excluding carboxylic acids is 2. The maximum absolute atomic E-state index is 11.9. The number of benzene rings is 2. The molecule has 22 heavy (non-hydrogen) atoms. The average molecular weight is 316 g/mol. The van der Waals surface area contributed by atoms with Gasteiger partial charge in [0.05, 0.1) is 0 Å². The molecule has 0 fully saturated rings. The van der Waals surface area contributed by atoms with Crippen LogP contribution in [0.5, 0.6) is 0 Å². The van der Waals surface area contributed by atoms with Gasteiger partial charge < -0.3 is 5.32 Å². The molecule has 0 aliphatic carbocycles. The summed E-state index contributed by atoms with van der Waals surface area (Å²) in [4.78, 5) is 23.7. The molecular formula is C18H18ClNO2. The third-order valence-corrected chi connectivity index (χ3v) is 3.72. The van der Waals surface area contributed by atoms with Crippen LogP contribution in [0.15, 0.2) is 48.5 Å². The summed E-state index contributed by atoms with van der Waals surface area (Å²) >= 11 is 5.79. The van der Waals surface area contributed by atoms with Crippen LogP contribution in [0.2, 0.25) is 5.02 Å². The van der Waals surface area contributed by atoms with Crippen molar-refractivity contribution in [1.29, 1.82) is 0 Å². The summed E-state index contributed by atoms with van der Waals surface area (Å²) in [6.07, 6.45) is 0.806. The Morgan fingerprint density at radius 1 is 1.05 bits per heavy atom. The first-order chi connectivity index (χ1) is 10.6. The molecule has 3 nitrogen and oxygen atoms in total. The van der Waals surface area contributed by atoms with E-state index in [9.17, 15) is 9.59 Å². The molecule has 2 aromatic rings. The predicted molar refractivity (Wildman–Crippen MR) is 88.1 cm³/mol. The molecule has 0 saturated carbocycles. The molecule has 1 N–H and O–H groups in total. The summed E-state index contributed by atoms with van der Waals surface area (Å²) in [5.74, 6) is -0.976. The first-order valence-corrected chi connectivity index (χ1v) is 7.54. The van der Waals surface area contributed by atoms with E-state index in [-0.39, 0.29) is 6.42 Å². The van der Waals surface area contributed by atoms with Crippen LogP contribution in [0.3, 0.4) is 0 Å². The molecule has 0 aliphatic heterocycles. The van der Waals surface area contributed by atoms with Gasteiger partial charge in [0.1, 0.15) is 0 Å². The Balaban J connectivity index is 1.80. The fourth-order valence-corrected chi connectivity index (χ4v) is 2.29. The molecule has 0 bridgehead atoms. The number of rotatable bonds is 6. The number of Topliss-reactive ketones (excluding diaryl/α,β-unsaturated/α-hetero) is 1. The molecule has 114 valence electrons. The van der Waals surface area contributed by atoms with Crippen molar-refractivity contribution in [3.63, 3.8) is 0 Å². The minimum Gasteiger partial charge on any atom is -0.349 e. The van der Waals surface area contributed by atoms with Crippen molar-refractivity contribution in [1.82, 2.24) is 5.32 Å². The van der Waals surface area contributed by atoms with Crippen molar-refractivity contribution >= 4 is 23.3 Å². The largest absolute Gasteiger partial charge is 0.349 e. The molecule has 2 rings (SSSR count). The minimum atomic E-state index is -0.538. The second-order valence-corrected chi connectivity index (χ2v) is 5.60. The molecule has 0 heterocycles. The van der Waals surface area contributed by atoms with Gasteiger partial charge in [-0.15, -0.1) is 0 Å². The van der Waals surface area contributed by atoms with Gasteiger partial charge >= 0.3 is 0 Å². The molecule has 0 aliphatic rings. The third kappa shape index (κ3) is 4.71. The number of hydrogen-bond donors (Lipinski definition) is 1. The molecule has 0 saturated heterocycles. The molecule has 0 atom stereocenters. The van der Waals surface area contributed by atoms with E-state index in [1.54, 1.807) is 24.3 Å². The summed E-state index contributed by atoms with van der Waals surface area (Å²) < 4.78 is 0. The van der Waals surface area contributed by atoms with E-state index < -0.39 is 11.7 Å². The highest BCUT2D eigenvalue weighted by molar-refractivity contribution is 6.36. The quantitative estimate of drug-likeness (QED) is 0.833. The van der Waals surface area contributed by atoms with Crippen LogP contribution >= 0.6 is 11.6 Å². The van der Waals surface area contributed by atoms with Crippen molar-refractivity contribution < 1.29 is 9.59 Å². The summed E-state index contributed by atoms with van der Waals surface area (Å²) in [6, 6.07) is 14.9. The zero-order chi connectivity index (χ0) is 15.9. The zero-order valence-corrected chi connectivity index (χ0v) is 13.2. The highest BCUT2D eigenvalue weighted by Gasteiger charge is 2.13. The average Bonchev–Trinajstić information content (AvgIpc) is 2.51. The van der Waals surface area contributed by atoms with Gasteiger partial charge in [0.15, 0.2) is 0 Å². The number of nitrogens with one attached hydrogen (secondary N) is 1. The van der Waals surface area contributed by atoms with Crippen LogP contribution < -0.4 is 5.32 Å². The second kappa shape index (κ2) is 7.76. The number of aryl methyl sites for hydroxylation is 1. The lowest BCUT2D eigenvalue weighted by Crippen LogP contribution is -2.33. The van der Waals surface area contributed by atoms with Crippen molar-refractivity contribution in [2.45, 2.75) is 19.8 Å². The van der Waals surface area contributed by atoms with Crippen LogP contribution in [-0.4, -0.2) is 18.2 Å². The van der Waals surface area contributed by atoms with E-state index in [2.05, 4.69) is 5.32 Å². The maximum atomic E-state index is 11.9. The SMILES string of the molecule is Cc1ccccc1CCNC(=O)C(=O)Cc1ccc(Cl)cc1. The molecule has 0 unspecified atom stereocenters. The Kier molecular flexibility index (Phi) is 5.73. The van der Waals surface area contributed by atoms with Gasteiger partial charge in [-0.25, -0.2) is 0 Å². The lowest BCUT2D eigenvalue weighted by Gasteiger charge is -2.07. The summed E-state index contributed by atoms with van der Waals surface area (Å²) in [7, 11) is 0. The summed E-state index contributed by atoms with van der Waals surface area (Å²) in [5.41, 5.74) is 3.14. The highest BCUT2D eigenvalue weighted by atomic mass is 35.5. The minimum absolute atomic E-state index is 0.0906. The maximum Gasteiger partial charge on any atom is 0.287 e. The first-order valence-electron chi connectivity index (χ1n) is 7.16. The van der Waals surface area contributed by atoms with Crippen LogP contribution in [0.4, 0.5) is 0 Å². The Morgan fingerprint density at radius 3 is 2.41 bits per heavy atom. The Labute approximate surface area is 135 Å². The number of hydrogen-bond acceptors (Lipinski definition) is 2. The molecule has 4 heteroatoms. The fourth-order valence-electron chi connectivity index (χ4n) is 2.17. The first kappa shape index (κ1) is 16.2. The summed E-state index contributed by atoms with van der Waals surface area (Å²) in [6.45, 7) is 2.49. The number of carbonyl (C=O) groups is 2. The lowest BCUT2D eigenvalue weighted by atomic mass is 10.1. The van der Waals surface area contributed by atoms with Gasteiger partial charge in [0.25, 0.3) is 5.91 Å². The van der Waals surface area contributed by atoms with E-state index >= 15 is 0 Å². The van der Waals surface area contributed by atoms with Crippen molar-refractivity contribution in [3.8, 4) is 0 Å². The molecule has 0 radical (unpaired) electrons. The van der Waals surface area contributed by atoms with E-state index in [4.69, 9.17) is 11.6 Å². The topological polar surface area (TPSA) is 46.2 Å². The second-order valence-electron chi connectivity index (χ2n) is 5.16. The van der Waals surface area contributed by atoms with Crippen LogP contribution in [0, 0.1) is 6.92 Å². The van der Waals surface area contributed by atoms with E-state index in [0.717, 1.165) is 5.56 Å². The van der Waals surface area contributed by atoms with E-state index in [0.29, 0.717) is 18.0 Å². The van der Waals surface area contributed by atoms with Crippen LogP contribution in [0.1, 0.15) is 16.7 Å². The molecule has 1 amide bonds. The fraction of sp³-hybridized carbons (Fsp3) is 0.222. The lowest BCUT2D eigenvalue weighted by molar-refractivity contribution is -0.137. The molecule has 0 aromatic heterocycles. The zero-order valence-electron chi connectivity index (χ0n) is 12.4. The standard InChI is InChI=1S/C18H18ClNO2/c1-13-4-2-3-5-15(13)10-11-20-18(22)17(21)12-14-6-8-16(19)9-7-14/h2-9H,10-12H2,1H3,(H,20,22). The summed E-state index contributed by atoms with van der Waals surface area (Å²) in [5, 5.41) is 3.29. The van der Waals surface area contributed by atoms with Crippen molar-refractivity contribution in [2.75, 3.05) is 6.54 Å². The Morgan fingerprint density at radius 2 is 1.73 bits per heavy atom. The van der Waals surface area contributed by atoms with Crippen molar-refractivity contribution in [3.05, 3.63) is 70.2 Å². The van der Waals surface area contributed by atoms with Gasteiger partial charge in [-0.1, -0.05) is 48.0 Å². The highest BCUT2D eigenvalue weighted by Crippen LogP contribution is 2.10. The van der Waals surface area contributed by atoms with Crippen LogP contribution in [-0.2, 0) is 22.4 Å². The monoisotopic (exact) mass is 315 g/mol. The van der Waals surface area contributed by atoms with Crippen molar-refractivity contribution in [2.24, 2.45) is 0 Å².